The Labute approximate surface area is 132 Å². The summed E-state index contributed by atoms with van der Waals surface area (Å²) in [5.41, 5.74) is 4.20. The van der Waals surface area contributed by atoms with E-state index in [-0.39, 0.29) is 0 Å². The molecule has 22 heavy (non-hydrogen) atoms. The maximum Gasteiger partial charge on any atom is 0.125 e. The van der Waals surface area contributed by atoms with Crippen molar-refractivity contribution in [3.63, 3.8) is 0 Å². The van der Waals surface area contributed by atoms with Crippen LogP contribution in [0.15, 0.2) is 49.1 Å². The van der Waals surface area contributed by atoms with Crippen LogP contribution in [0.4, 0.5) is 0 Å². The third-order valence-corrected chi connectivity index (χ3v) is 4.94. The van der Waals surface area contributed by atoms with Crippen molar-refractivity contribution in [3.8, 4) is 21.1 Å². The molecule has 0 saturated heterocycles. The first-order valence-corrected chi connectivity index (χ1v) is 7.83. The second kappa shape index (κ2) is 5.03. The lowest BCUT2D eigenvalue weighted by Gasteiger charge is -2.00. The SMILES string of the molecule is Cc1nc(-c2cccnc2)sc1-c1cc2c(ccn2C)cn1. The van der Waals surface area contributed by atoms with Gasteiger partial charge in [0.25, 0.3) is 0 Å². The topological polar surface area (TPSA) is 43.6 Å². The van der Waals surface area contributed by atoms with Crippen LogP contribution >= 0.6 is 11.3 Å². The van der Waals surface area contributed by atoms with E-state index in [0.717, 1.165) is 32.2 Å². The molecular weight excluding hydrogens is 292 g/mol. The number of hydrogen-bond acceptors (Lipinski definition) is 4. The molecule has 5 heteroatoms. The highest BCUT2D eigenvalue weighted by atomic mass is 32.1. The summed E-state index contributed by atoms with van der Waals surface area (Å²) >= 11 is 1.66. The molecule has 4 aromatic rings. The maximum atomic E-state index is 4.68. The Morgan fingerprint density at radius 1 is 1.18 bits per heavy atom. The molecule has 0 spiro atoms. The molecule has 4 rings (SSSR count). The van der Waals surface area contributed by atoms with E-state index in [2.05, 4.69) is 37.8 Å². The van der Waals surface area contributed by atoms with Crippen LogP contribution in [0.25, 0.3) is 32.0 Å². The van der Waals surface area contributed by atoms with Crippen LogP contribution in [-0.2, 0) is 7.05 Å². The number of nitrogens with zero attached hydrogens (tertiary/aromatic N) is 4. The lowest BCUT2D eigenvalue weighted by atomic mass is 10.2. The van der Waals surface area contributed by atoms with E-state index in [1.165, 1.54) is 5.52 Å². The van der Waals surface area contributed by atoms with Crippen molar-refractivity contribution in [1.82, 2.24) is 19.5 Å². The Morgan fingerprint density at radius 2 is 2.09 bits per heavy atom. The van der Waals surface area contributed by atoms with Gasteiger partial charge >= 0.3 is 0 Å². The Kier molecular flexibility index (Phi) is 3.01. The van der Waals surface area contributed by atoms with Crippen LogP contribution in [0.1, 0.15) is 5.69 Å². The maximum absolute atomic E-state index is 4.68. The molecule has 0 radical (unpaired) electrons. The Bertz CT molecular complexity index is 953. The monoisotopic (exact) mass is 306 g/mol. The van der Waals surface area contributed by atoms with Crippen molar-refractivity contribution in [1.29, 1.82) is 0 Å². The predicted molar refractivity (Wildman–Crippen MR) is 89.8 cm³/mol. The van der Waals surface area contributed by atoms with Crippen molar-refractivity contribution in [3.05, 3.63) is 54.7 Å². The van der Waals surface area contributed by atoms with Gasteiger partial charge in [0.2, 0.25) is 0 Å². The molecule has 0 aliphatic carbocycles. The summed E-state index contributed by atoms with van der Waals surface area (Å²) in [6.07, 6.45) is 7.59. The van der Waals surface area contributed by atoms with Gasteiger partial charge in [0.05, 0.1) is 21.8 Å². The van der Waals surface area contributed by atoms with Crippen molar-refractivity contribution in [2.45, 2.75) is 6.92 Å². The minimum absolute atomic E-state index is 0.972. The number of aromatic nitrogens is 4. The highest BCUT2D eigenvalue weighted by molar-refractivity contribution is 7.18. The summed E-state index contributed by atoms with van der Waals surface area (Å²) in [6.45, 7) is 2.03. The van der Waals surface area contributed by atoms with E-state index >= 15 is 0 Å². The van der Waals surface area contributed by atoms with Crippen molar-refractivity contribution in [2.24, 2.45) is 7.05 Å². The lowest BCUT2D eigenvalue weighted by molar-refractivity contribution is 0.968. The van der Waals surface area contributed by atoms with E-state index < -0.39 is 0 Å². The van der Waals surface area contributed by atoms with Crippen LogP contribution in [0, 0.1) is 6.92 Å². The van der Waals surface area contributed by atoms with Gasteiger partial charge in [0.15, 0.2) is 0 Å². The van der Waals surface area contributed by atoms with Gasteiger partial charge in [-0.1, -0.05) is 0 Å². The molecule has 0 aliphatic rings. The minimum atomic E-state index is 0.972. The van der Waals surface area contributed by atoms with Crippen LogP contribution in [0.3, 0.4) is 0 Å². The number of thiazole rings is 1. The second-order valence-corrected chi connectivity index (χ2v) is 6.23. The summed E-state index contributed by atoms with van der Waals surface area (Å²) < 4.78 is 2.11. The molecule has 0 saturated carbocycles. The van der Waals surface area contributed by atoms with Crippen LogP contribution < -0.4 is 0 Å². The van der Waals surface area contributed by atoms with Crippen LogP contribution in [0.5, 0.6) is 0 Å². The van der Waals surface area contributed by atoms with Gasteiger partial charge in [-0.25, -0.2) is 4.98 Å². The molecule has 0 aromatic carbocycles. The molecule has 0 N–H and O–H groups in total. The zero-order valence-corrected chi connectivity index (χ0v) is 13.1. The first-order valence-electron chi connectivity index (χ1n) is 7.01. The zero-order chi connectivity index (χ0) is 15.1. The summed E-state index contributed by atoms with van der Waals surface area (Å²) in [5, 5.41) is 2.13. The number of rotatable bonds is 2. The average Bonchev–Trinajstić information content (AvgIpc) is 3.12. The van der Waals surface area contributed by atoms with Gasteiger partial charge in [-0.05, 0) is 31.2 Å². The van der Waals surface area contributed by atoms with Crippen molar-refractivity contribution < 1.29 is 0 Å². The summed E-state index contributed by atoms with van der Waals surface area (Å²) in [5.74, 6) is 0. The molecule has 4 heterocycles. The van der Waals surface area contributed by atoms with Crippen molar-refractivity contribution in [2.75, 3.05) is 0 Å². The highest BCUT2D eigenvalue weighted by Crippen LogP contribution is 2.34. The second-order valence-electron chi connectivity index (χ2n) is 5.23. The number of hydrogen-bond donors (Lipinski definition) is 0. The zero-order valence-electron chi connectivity index (χ0n) is 12.3. The number of fused-ring (bicyclic) bond motifs is 1. The third kappa shape index (κ3) is 2.10. The Morgan fingerprint density at radius 3 is 2.91 bits per heavy atom. The average molecular weight is 306 g/mol. The fraction of sp³-hybridized carbons (Fsp3) is 0.118. The fourth-order valence-electron chi connectivity index (χ4n) is 2.53. The van der Waals surface area contributed by atoms with Crippen LogP contribution in [0.2, 0.25) is 0 Å². The third-order valence-electron chi connectivity index (χ3n) is 3.71. The van der Waals surface area contributed by atoms with Gasteiger partial charge < -0.3 is 4.57 Å². The predicted octanol–water partition coefficient (Wildman–Crippen LogP) is 4.07. The molecule has 4 aromatic heterocycles. The molecular formula is C17H14N4S. The molecule has 0 fully saturated rings. The van der Waals surface area contributed by atoms with Gasteiger partial charge in [-0.2, -0.15) is 0 Å². The summed E-state index contributed by atoms with van der Waals surface area (Å²) in [7, 11) is 2.05. The Hall–Kier alpha value is -2.53. The largest absolute Gasteiger partial charge is 0.350 e. The van der Waals surface area contributed by atoms with Gasteiger partial charge in [0, 0.05) is 42.8 Å². The van der Waals surface area contributed by atoms with E-state index in [0.29, 0.717) is 0 Å². The normalized spacial score (nSPS) is 11.2. The molecule has 0 aliphatic heterocycles. The quantitative estimate of drug-likeness (QED) is 0.561. The summed E-state index contributed by atoms with van der Waals surface area (Å²) in [4.78, 5) is 14.6. The molecule has 0 unspecified atom stereocenters. The Balaban J connectivity index is 1.84. The first kappa shape index (κ1) is 13.2. The van der Waals surface area contributed by atoms with E-state index in [1.807, 2.05) is 38.5 Å². The van der Waals surface area contributed by atoms with Crippen molar-refractivity contribution >= 4 is 22.2 Å². The molecule has 4 nitrogen and oxygen atoms in total. The van der Waals surface area contributed by atoms with E-state index in [9.17, 15) is 0 Å². The molecule has 0 amide bonds. The fourth-order valence-corrected chi connectivity index (χ4v) is 3.56. The smallest absolute Gasteiger partial charge is 0.125 e. The summed E-state index contributed by atoms with van der Waals surface area (Å²) in [6, 6.07) is 8.17. The van der Waals surface area contributed by atoms with Crippen LogP contribution in [-0.4, -0.2) is 19.5 Å². The number of pyridine rings is 2. The van der Waals surface area contributed by atoms with E-state index in [1.54, 1.807) is 17.5 Å². The lowest BCUT2D eigenvalue weighted by Crippen LogP contribution is -1.87. The van der Waals surface area contributed by atoms with Gasteiger partial charge in [0.1, 0.15) is 5.01 Å². The number of aryl methyl sites for hydroxylation is 2. The minimum Gasteiger partial charge on any atom is -0.350 e. The molecule has 108 valence electrons. The van der Waals surface area contributed by atoms with Gasteiger partial charge in [-0.3, -0.25) is 9.97 Å². The highest BCUT2D eigenvalue weighted by Gasteiger charge is 2.13. The first-order chi connectivity index (χ1) is 10.7. The van der Waals surface area contributed by atoms with Gasteiger partial charge in [-0.15, -0.1) is 11.3 Å². The standard InChI is InChI=1S/C17H14N4S/c1-11-16(22-17(20-11)13-4-3-6-18-9-13)14-8-15-12(10-19-14)5-7-21(15)2/h3-10H,1-2H3. The molecule has 0 bridgehead atoms. The molecule has 0 atom stereocenters. The van der Waals surface area contributed by atoms with E-state index in [4.69, 9.17) is 0 Å².